The first kappa shape index (κ1) is 18.5. The minimum atomic E-state index is -1.19. The second-order valence-electron chi connectivity index (χ2n) is 5.61. The second-order valence-corrected chi connectivity index (χ2v) is 6.52. The number of aliphatic carboxylic acids is 1. The average Bonchev–Trinajstić information content (AvgIpc) is 2.66. The number of aromatic nitrogens is 2. The first-order valence-corrected chi connectivity index (χ1v) is 8.69. The van der Waals surface area contributed by atoms with Crippen molar-refractivity contribution in [2.75, 3.05) is 5.32 Å². The molecular weight excluding hydrogens is 414 g/mol. The molecule has 0 aliphatic carbocycles. The number of anilines is 1. The number of nitrogens with zero attached hydrogens (tertiary/aromatic N) is 2. The number of nitrogens with one attached hydrogen (secondary N) is 1. The van der Waals surface area contributed by atoms with Crippen LogP contribution < -0.4 is 10.9 Å². The normalized spacial score (nSPS) is 10.4. The van der Waals surface area contributed by atoms with Gasteiger partial charge in [0.1, 0.15) is 18.1 Å². The average molecular weight is 428 g/mol. The summed E-state index contributed by atoms with van der Waals surface area (Å²) in [4.78, 5) is 40.5. The van der Waals surface area contributed by atoms with Crippen molar-refractivity contribution in [3.8, 4) is 11.4 Å². The van der Waals surface area contributed by atoms with Crippen LogP contribution in [-0.2, 0) is 11.3 Å². The van der Waals surface area contributed by atoms with Gasteiger partial charge >= 0.3 is 5.97 Å². The van der Waals surface area contributed by atoms with Gasteiger partial charge in [0.15, 0.2) is 0 Å². The first-order chi connectivity index (χ1) is 13.0. The van der Waals surface area contributed by atoms with Crippen LogP contribution in [0.5, 0.6) is 0 Å². The van der Waals surface area contributed by atoms with Crippen molar-refractivity contribution in [3.05, 3.63) is 81.2 Å². The Bertz CT molecular complexity index is 1050. The molecule has 3 aromatic rings. The zero-order chi connectivity index (χ0) is 19.4. The van der Waals surface area contributed by atoms with E-state index in [2.05, 4.69) is 26.2 Å². The van der Waals surface area contributed by atoms with E-state index in [1.54, 1.807) is 54.6 Å². The second kappa shape index (κ2) is 7.96. The van der Waals surface area contributed by atoms with Crippen molar-refractivity contribution >= 4 is 33.5 Å². The Kier molecular flexibility index (Phi) is 5.46. The van der Waals surface area contributed by atoms with E-state index in [1.807, 2.05) is 0 Å². The molecule has 1 heterocycles. The number of carbonyl (C=O) groups is 2. The number of carbonyl (C=O) groups excluding carboxylic acids is 1. The Balaban J connectivity index is 2.02. The molecule has 3 rings (SSSR count). The lowest BCUT2D eigenvalue weighted by atomic mass is 10.2. The van der Waals surface area contributed by atoms with Crippen LogP contribution in [0.1, 0.15) is 10.4 Å². The molecule has 0 aliphatic rings. The van der Waals surface area contributed by atoms with Crippen LogP contribution in [0.25, 0.3) is 11.4 Å². The van der Waals surface area contributed by atoms with E-state index in [0.717, 1.165) is 9.04 Å². The Labute approximate surface area is 162 Å². The highest BCUT2D eigenvalue weighted by Crippen LogP contribution is 2.20. The zero-order valence-corrected chi connectivity index (χ0v) is 15.5. The third-order valence-corrected chi connectivity index (χ3v) is 4.26. The summed E-state index contributed by atoms with van der Waals surface area (Å²) in [6, 6.07) is 15.3. The van der Waals surface area contributed by atoms with Gasteiger partial charge in [-0.3, -0.25) is 19.0 Å². The largest absolute Gasteiger partial charge is 0.480 e. The van der Waals surface area contributed by atoms with Crippen LogP contribution >= 0.6 is 15.9 Å². The van der Waals surface area contributed by atoms with Gasteiger partial charge in [-0.2, -0.15) is 0 Å². The van der Waals surface area contributed by atoms with Crippen molar-refractivity contribution in [2.24, 2.45) is 0 Å². The molecule has 0 atom stereocenters. The molecule has 0 spiro atoms. The number of hydrogen-bond acceptors (Lipinski definition) is 4. The highest BCUT2D eigenvalue weighted by Gasteiger charge is 2.16. The first-order valence-electron chi connectivity index (χ1n) is 7.89. The Morgan fingerprint density at radius 3 is 2.37 bits per heavy atom. The molecule has 2 N–H and O–H groups in total. The van der Waals surface area contributed by atoms with Gasteiger partial charge in [-0.15, -0.1) is 0 Å². The topological polar surface area (TPSA) is 101 Å². The number of amides is 1. The maximum atomic E-state index is 12.8. The van der Waals surface area contributed by atoms with Crippen molar-refractivity contribution in [3.63, 3.8) is 0 Å². The van der Waals surface area contributed by atoms with Gasteiger partial charge in [-0.05, 0) is 24.3 Å². The van der Waals surface area contributed by atoms with Crippen LogP contribution in [-0.4, -0.2) is 26.5 Å². The molecule has 1 amide bonds. The fourth-order valence-electron chi connectivity index (χ4n) is 2.47. The van der Waals surface area contributed by atoms with E-state index < -0.39 is 24.0 Å². The standard InChI is InChI=1S/C19H14BrN3O4/c20-14-8-6-12(7-9-14)17-21-10-15(19(27)23(17)11-16(24)25)22-18(26)13-4-2-1-3-5-13/h1-10H,11H2,(H,22,26)(H,24,25). The van der Waals surface area contributed by atoms with E-state index in [9.17, 15) is 19.5 Å². The maximum Gasteiger partial charge on any atom is 0.323 e. The highest BCUT2D eigenvalue weighted by atomic mass is 79.9. The molecule has 0 saturated heterocycles. The van der Waals surface area contributed by atoms with Crippen molar-refractivity contribution < 1.29 is 14.7 Å². The lowest BCUT2D eigenvalue weighted by Gasteiger charge is -2.13. The summed E-state index contributed by atoms with van der Waals surface area (Å²) < 4.78 is 1.86. The highest BCUT2D eigenvalue weighted by molar-refractivity contribution is 9.10. The Morgan fingerprint density at radius 2 is 1.74 bits per heavy atom. The van der Waals surface area contributed by atoms with Crippen molar-refractivity contribution in [1.29, 1.82) is 0 Å². The number of halogens is 1. The van der Waals surface area contributed by atoms with Crippen molar-refractivity contribution in [2.45, 2.75) is 6.54 Å². The molecule has 1 aromatic heterocycles. The smallest absolute Gasteiger partial charge is 0.323 e. The van der Waals surface area contributed by atoms with E-state index >= 15 is 0 Å². The molecule has 8 heteroatoms. The van der Waals surface area contributed by atoms with Gasteiger partial charge in [0.25, 0.3) is 11.5 Å². The molecule has 136 valence electrons. The summed E-state index contributed by atoms with van der Waals surface area (Å²) in [5.74, 6) is -1.47. The zero-order valence-electron chi connectivity index (χ0n) is 13.9. The SMILES string of the molecule is O=C(O)Cn1c(-c2ccc(Br)cc2)ncc(NC(=O)c2ccccc2)c1=O. The third kappa shape index (κ3) is 4.29. The fraction of sp³-hybridized carbons (Fsp3) is 0.0526. The molecule has 0 radical (unpaired) electrons. The molecule has 7 nitrogen and oxygen atoms in total. The fourth-order valence-corrected chi connectivity index (χ4v) is 2.74. The molecular formula is C19H14BrN3O4. The van der Waals surface area contributed by atoms with Crippen LogP contribution in [0.15, 0.2) is 70.1 Å². The van der Waals surface area contributed by atoms with Gasteiger partial charge in [-0.1, -0.05) is 46.3 Å². The van der Waals surface area contributed by atoms with E-state index in [4.69, 9.17) is 0 Å². The van der Waals surface area contributed by atoms with Gasteiger partial charge in [0.2, 0.25) is 0 Å². The van der Waals surface area contributed by atoms with E-state index in [1.165, 1.54) is 6.20 Å². The summed E-state index contributed by atoms with van der Waals surface area (Å²) in [5, 5.41) is 11.7. The van der Waals surface area contributed by atoms with Gasteiger partial charge < -0.3 is 10.4 Å². The number of rotatable bonds is 5. The Hall–Kier alpha value is -3.26. The Morgan fingerprint density at radius 1 is 1.07 bits per heavy atom. The molecule has 0 saturated carbocycles. The van der Waals surface area contributed by atoms with E-state index in [0.29, 0.717) is 11.1 Å². The predicted octanol–water partition coefficient (Wildman–Crippen LogP) is 3.01. The van der Waals surface area contributed by atoms with E-state index in [-0.39, 0.29) is 11.5 Å². The number of carboxylic acids is 1. The molecule has 0 unspecified atom stereocenters. The minimum absolute atomic E-state index is 0.0917. The van der Waals surface area contributed by atoms with Crippen molar-refractivity contribution in [1.82, 2.24) is 9.55 Å². The maximum absolute atomic E-state index is 12.8. The molecule has 0 bridgehead atoms. The molecule has 0 fully saturated rings. The number of carboxylic acid groups (broad SMARTS) is 1. The predicted molar refractivity (Wildman–Crippen MR) is 104 cm³/mol. The van der Waals surface area contributed by atoms with Gasteiger partial charge in [0, 0.05) is 15.6 Å². The summed E-state index contributed by atoms with van der Waals surface area (Å²) >= 11 is 3.32. The number of hydrogen-bond donors (Lipinski definition) is 2. The lowest BCUT2D eigenvalue weighted by Crippen LogP contribution is -2.30. The van der Waals surface area contributed by atoms with Crippen LogP contribution in [0.3, 0.4) is 0 Å². The molecule has 0 aliphatic heterocycles. The van der Waals surface area contributed by atoms with Gasteiger partial charge in [0.05, 0.1) is 6.20 Å². The van der Waals surface area contributed by atoms with Crippen LogP contribution in [0, 0.1) is 0 Å². The monoisotopic (exact) mass is 427 g/mol. The summed E-state index contributed by atoms with van der Waals surface area (Å²) in [6.07, 6.45) is 1.24. The lowest BCUT2D eigenvalue weighted by molar-refractivity contribution is -0.137. The molecule has 2 aromatic carbocycles. The minimum Gasteiger partial charge on any atom is -0.480 e. The third-order valence-electron chi connectivity index (χ3n) is 3.73. The van der Waals surface area contributed by atoms with Crippen LogP contribution in [0.2, 0.25) is 0 Å². The summed E-state index contributed by atoms with van der Waals surface area (Å²) in [7, 11) is 0. The van der Waals surface area contributed by atoms with Gasteiger partial charge in [-0.25, -0.2) is 4.98 Å². The summed E-state index contributed by atoms with van der Waals surface area (Å²) in [6.45, 7) is -0.577. The summed E-state index contributed by atoms with van der Waals surface area (Å²) in [5.41, 5.74) is 0.219. The number of benzene rings is 2. The van der Waals surface area contributed by atoms with Crippen LogP contribution in [0.4, 0.5) is 5.69 Å². The molecule has 27 heavy (non-hydrogen) atoms. The quantitative estimate of drug-likeness (QED) is 0.651.